The van der Waals surface area contributed by atoms with Crippen molar-refractivity contribution >= 4 is 11.6 Å². The second kappa shape index (κ2) is 10.3. The molecule has 1 N–H and O–H groups in total. The van der Waals surface area contributed by atoms with Gasteiger partial charge in [-0.1, -0.05) is 12.1 Å². The summed E-state index contributed by atoms with van der Waals surface area (Å²) in [5.41, 5.74) is 0.794. The molecular weight excluding hydrogens is 527 g/mol. The van der Waals surface area contributed by atoms with Crippen LogP contribution in [0.4, 0.5) is 18.9 Å². The summed E-state index contributed by atoms with van der Waals surface area (Å²) >= 11 is 0. The predicted molar refractivity (Wildman–Crippen MR) is 138 cm³/mol. The fraction of sp³-hybridized carbons (Fsp3) is 0.464. The lowest BCUT2D eigenvalue weighted by molar-refractivity contribution is -0.138. The molecule has 40 heavy (non-hydrogen) atoms. The maximum absolute atomic E-state index is 14.2. The maximum Gasteiger partial charge on any atom is 0.416 e. The molecule has 212 valence electrons. The Hall–Kier alpha value is -3.32. The molecule has 3 aliphatic heterocycles. The van der Waals surface area contributed by atoms with Crippen molar-refractivity contribution in [2.45, 2.75) is 37.2 Å². The van der Waals surface area contributed by atoms with E-state index in [0.717, 1.165) is 17.5 Å². The van der Waals surface area contributed by atoms with Crippen LogP contribution in [0.5, 0.6) is 0 Å². The largest absolute Gasteiger partial charge is 0.416 e. The molecule has 0 saturated carbocycles. The van der Waals surface area contributed by atoms with Crippen LogP contribution in [0.1, 0.15) is 38.4 Å². The number of aryl methyl sites for hydroxylation is 1. The highest BCUT2D eigenvalue weighted by Crippen LogP contribution is 2.41. The summed E-state index contributed by atoms with van der Waals surface area (Å²) in [6.45, 7) is 2.16. The van der Waals surface area contributed by atoms with E-state index in [9.17, 15) is 23.1 Å². The molecule has 1 unspecified atom stereocenters. The molecule has 3 aromatic rings. The molecule has 12 heteroatoms. The molecule has 4 heterocycles. The molecule has 1 atom stereocenters. The van der Waals surface area contributed by atoms with E-state index in [0.29, 0.717) is 50.6 Å². The Balaban J connectivity index is 1.30. The van der Waals surface area contributed by atoms with Gasteiger partial charge in [0.25, 0.3) is 5.91 Å². The van der Waals surface area contributed by atoms with Crippen molar-refractivity contribution in [1.82, 2.24) is 19.7 Å². The third-order valence-electron chi connectivity index (χ3n) is 8.07. The van der Waals surface area contributed by atoms with Crippen molar-refractivity contribution in [2.75, 3.05) is 44.4 Å². The van der Waals surface area contributed by atoms with Crippen LogP contribution in [-0.4, -0.2) is 76.3 Å². The van der Waals surface area contributed by atoms with E-state index in [4.69, 9.17) is 9.47 Å². The van der Waals surface area contributed by atoms with E-state index < -0.39 is 17.6 Å². The van der Waals surface area contributed by atoms with Crippen LogP contribution in [-0.2, 0) is 47.6 Å². The molecule has 0 bridgehead atoms. The second-order valence-electron chi connectivity index (χ2n) is 10.8. The molecule has 0 radical (unpaired) electrons. The Morgan fingerprint density at radius 3 is 2.70 bits per heavy atom. The molecule has 1 amide bonds. The third-order valence-corrected chi connectivity index (χ3v) is 8.07. The van der Waals surface area contributed by atoms with Gasteiger partial charge in [0.15, 0.2) is 0 Å². The van der Waals surface area contributed by atoms with Crippen LogP contribution >= 0.6 is 0 Å². The molecule has 2 fully saturated rings. The number of alkyl halides is 3. The molecule has 0 spiro atoms. The fourth-order valence-electron chi connectivity index (χ4n) is 5.81. The zero-order valence-electron chi connectivity index (χ0n) is 22.0. The number of carbonyl (C=O) groups is 1. The number of nitrogens with zero attached hydrogens (tertiary/aromatic N) is 5. The first-order valence-electron chi connectivity index (χ1n) is 13.2. The van der Waals surface area contributed by atoms with Crippen LogP contribution in [0, 0.1) is 0 Å². The van der Waals surface area contributed by atoms with Crippen molar-refractivity contribution in [1.29, 1.82) is 0 Å². The fourth-order valence-corrected chi connectivity index (χ4v) is 5.81. The first-order chi connectivity index (χ1) is 19.2. The summed E-state index contributed by atoms with van der Waals surface area (Å²) in [4.78, 5) is 17.0. The van der Waals surface area contributed by atoms with E-state index in [2.05, 4.69) is 10.2 Å². The Kier molecular flexibility index (Phi) is 6.89. The van der Waals surface area contributed by atoms with Gasteiger partial charge in [0.2, 0.25) is 0 Å². The Labute approximate surface area is 229 Å². The number of fused-ring (bicyclic) bond motifs is 1. The Morgan fingerprint density at radius 1 is 1.20 bits per heavy atom. The van der Waals surface area contributed by atoms with Gasteiger partial charge in [0, 0.05) is 49.8 Å². The number of aliphatic hydroxyl groups excluding tert-OH is 1. The zero-order chi connectivity index (χ0) is 28.1. The van der Waals surface area contributed by atoms with Gasteiger partial charge < -0.3 is 24.0 Å². The molecule has 1 aromatic heterocycles. The Bertz CT molecular complexity index is 1420. The summed E-state index contributed by atoms with van der Waals surface area (Å²) in [7, 11) is 1.87. The number of morpholine rings is 1. The lowest BCUT2D eigenvalue weighted by Crippen LogP contribution is -2.49. The molecular formula is C28H30F3N5O4. The summed E-state index contributed by atoms with van der Waals surface area (Å²) in [6.07, 6.45) is -2.77. The summed E-state index contributed by atoms with van der Waals surface area (Å²) in [6, 6.07) is 10.1. The van der Waals surface area contributed by atoms with Crippen LogP contribution in [0.2, 0.25) is 0 Å². The minimum absolute atomic E-state index is 0.0114. The first-order valence-corrected chi connectivity index (χ1v) is 13.2. The summed E-state index contributed by atoms with van der Waals surface area (Å²) in [5, 5.41) is 17.6. The van der Waals surface area contributed by atoms with E-state index in [1.54, 1.807) is 18.5 Å². The van der Waals surface area contributed by atoms with Gasteiger partial charge in [-0.25, -0.2) is 0 Å². The number of aliphatic hydroxyl groups is 1. The van der Waals surface area contributed by atoms with Gasteiger partial charge >= 0.3 is 6.18 Å². The van der Waals surface area contributed by atoms with Gasteiger partial charge in [0.1, 0.15) is 12.2 Å². The number of benzene rings is 2. The van der Waals surface area contributed by atoms with E-state index in [1.807, 2.05) is 34.7 Å². The van der Waals surface area contributed by atoms with E-state index in [1.165, 1.54) is 4.90 Å². The lowest BCUT2D eigenvalue weighted by Gasteiger charge is -2.42. The normalized spacial score (nSPS) is 21.0. The molecule has 2 aromatic carbocycles. The van der Waals surface area contributed by atoms with Crippen molar-refractivity contribution in [2.24, 2.45) is 7.05 Å². The average molecular weight is 558 g/mol. The standard InChI is InChI=1S/C28H30F3N5O4/c1-34-17-32-33-25(34)10-27(15-39-16-27)19-3-2-4-20(9-19)36-13-23-22(26(36)38)7-18(8-24(23)28(29,30)31)11-35-5-6-40-21(12-35)14-37/h2-4,7-9,17,21,37H,5-6,10-16H2,1H3. The minimum atomic E-state index is -4.61. The molecule has 2 saturated heterocycles. The number of halogens is 3. The monoisotopic (exact) mass is 557 g/mol. The van der Waals surface area contributed by atoms with Crippen LogP contribution < -0.4 is 4.90 Å². The third kappa shape index (κ3) is 4.89. The highest BCUT2D eigenvalue weighted by atomic mass is 19.4. The number of anilines is 1. The topological polar surface area (TPSA) is 93.0 Å². The molecule has 3 aliphatic rings. The number of amides is 1. The summed E-state index contributed by atoms with van der Waals surface area (Å²) < 4.78 is 55.6. The van der Waals surface area contributed by atoms with Crippen molar-refractivity contribution < 1.29 is 32.5 Å². The highest BCUT2D eigenvalue weighted by molar-refractivity contribution is 6.10. The van der Waals surface area contributed by atoms with Gasteiger partial charge in [0.05, 0.1) is 44.6 Å². The quantitative estimate of drug-likeness (QED) is 0.478. The highest BCUT2D eigenvalue weighted by Gasteiger charge is 2.43. The van der Waals surface area contributed by atoms with Gasteiger partial charge in [-0.2, -0.15) is 13.2 Å². The van der Waals surface area contributed by atoms with Crippen LogP contribution in [0.3, 0.4) is 0 Å². The molecule has 6 rings (SSSR count). The van der Waals surface area contributed by atoms with Gasteiger partial charge in [-0.05, 0) is 41.0 Å². The second-order valence-corrected chi connectivity index (χ2v) is 10.8. The van der Waals surface area contributed by atoms with Crippen molar-refractivity contribution in [3.05, 3.63) is 76.4 Å². The molecule has 9 nitrogen and oxygen atoms in total. The van der Waals surface area contributed by atoms with Gasteiger partial charge in [-0.15, -0.1) is 10.2 Å². The zero-order valence-corrected chi connectivity index (χ0v) is 22.0. The number of hydrogen-bond acceptors (Lipinski definition) is 7. The molecule has 0 aliphatic carbocycles. The first kappa shape index (κ1) is 26.9. The smallest absolute Gasteiger partial charge is 0.394 e. The number of ether oxygens (including phenoxy) is 2. The van der Waals surface area contributed by atoms with Gasteiger partial charge in [-0.3, -0.25) is 9.69 Å². The lowest BCUT2D eigenvalue weighted by atomic mass is 9.75. The van der Waals surface area contributed by atoms with Crippen molar-refractivity contribution in [3.8, 4) is 0 Å². The van der Waals surface area contributed by atoms with Crippen LogP contribution in [0.25, 0.3) is 0 Å². The van der Waals surface area contributed by atoms with E-state index in [-0.39, 0.29) is 42.3 Å². The van der Waals surface area contributed by atoms with Crippen molar-refractivity contribution in [3.63, 3.8) is 0 Å². The number of aromatic nitrogens is 3. The number of rotatable bonds is 7. The SMILES string of the molecule is Cn1cnnc1CC1(c2cccc(N3Cc4c(cc(CN5CCOC(CO)C5)cc4C(F)(F)F)C3=O)c2)COC1. The average Bonchev–Trinajstić information content (AvgIpc) is 3.47. The summed E-state index contributed by atoms with van der Waals surface area (Å²) in [5.74, 6) is 0.341. The number of carbonyl (C=O) groups excluding carboxylic acids is 1. The minimum Gasteiger partial charge on any atom is -0.394 e. The van der Waals surface area contributed by atoms with E-state index >= 15 is 0 Å². The number of hydrogen-bond donors (Lipinski definition) is 1. The maximum atomic E-state index is 14.2. The predicted octanol–water partition coefficient (Wildman–Crippen LogP) is 2.70. The Morgan fingerprint density at radius 2 is 2.02 bits per heavy atom. The van der Waals surface area contributed by atoms with Crippen LogP contribution in [0.15, 0.2) is 42.7 Å².